The van der Waals surface area contributed by atoms with Crippen LogP contribution in [-0.2, 0) is 32.0 Å². The number of rotatable bonds is 12. The highest BCUT2D eigenvalue weighted by atomic mass is 16.5. The van der Waals surface area contributed by atoms with E-state index >= 15 is 0 Å². The predicted molar refractivity (Wildman–Crippen MR) is 316 cm³/mol. The van der Waals surface area contributed by atoms with E-state index in [1.54, 1.807) is 31.2 Å². The zero-order valence-electron chi connectivity index (χ0n) is 46.7. The second-order valence-electron chi connectivity index (χ2n) is 22.0. The number of phenols is 3. The number of allylic oxidation sites excluding steroid dienone is 6. The number of aromatic nitrogens is 2. The van der Waals surface area contributed by atoms with Gasteiger partial charge < -0.3 is 49.3 Å². The summed E-state index contributed by atoms with van der Waals surface area (Å²) in [4.78, 5) is 46.4. The lowest BCUT2D eigenvalue weighted by atomic mass is 9.66. The molecule has 3 aliphatic rings. The van der Waals surface area contributed by atoms with Crippen molar-refractivity contribution in [2.75, 3.05) is 25.1 Å². The van der Waals surface area contributed by atoms with Crippen LogP contribution in [0.1, 0.15) is 117 Å². The molecule has 10 rings (SSSR count). The van der Waals surface area contributed by atoms with Gasteiger partial charge in [0, 0.05) is 92.7 Å². The fourth-order valence-corrected chi connectivity index (χ4v) is 12.4. The summed E-state index contributed by atoms with van der Waals surface area (Å²) in [6.07, 6.45) is 23.7. The van der Waals surface area contributed by atoms with E-state index in [1.807, 2.05) is 71.6 Å². The molecular weight excluding hydrogens is 1020 g/mol. The SMILES string of the molecule is CC[C@H](c1ccccc1)c1cc(O)cc(Oc2c(O)cc([C@@H]3CC(=O)C[C@H](OC(C)=O)CC[C@@]4(C=CC=C[C@@H]4C)Cc4c[nH]cc4C[C@@H](c4cccc(O)c4)C4=CCNC(=C4)N(CCC(C)=O)c4cccc5cn3cc45)cc2OC)c1. The molecular formula is C68H72N4O9. The molecule has 5 N–H and O–H groups in total. The highest BCUT2D eigenvalue weighted by molar-refractivity contribution is 5.95. The molecule has 0 saturated heterocycles. The molecule has 1 spiro atoms. The normalized spacial score (nSPS) is 20.9. The van der Waals surface area contributed by atoms with Gasteiger partial charge in [-0.1, -0.05) is 98.8 Å². The number of hydrogen-bond donors (Lipinski definition) is 5. The summed E-state index contributed by atoms with van der Waals surface area (Å²) < 4.78 is 20.5. The number of aromatic hydroxyl groups is 3. The van der Waals surface area contributed by atoms with E-state index in [2.05, 4.69) is 96.1 Å². The Morgan fingerprint density at radius 1 is 0.840 bits per heavy atom. The minimum absolute atomic E-state index is 0.00623. The van der Waals surface area contributed by atoms with Crippen LogP contribution in [0.5, 0.6) is 34.5 Å². The quantitative estimate of drug-likeness (QED) is 0.0736. The van der Waals surface area contributed by atoms with Gasteiger partial charge in [0.05, 0.1) is 18.8 Å². The molecule has 2 aliphatic heterocycles. The number of fused-ring (bicyclic) bond motifs is 3. The average Bonchev–Trinajstić information content (AvgIpc) is 4.17. The van der Waals surface area contributed by atoms with Crippen molar-refractivity contribution in [3.8, 4) is 34.5 Å². The van der Waals surface area contributed by atoms with Crippen molar-refractivity contribution in [3.63, 3.8) is 0 Å². The van der Waals surface area contributed by atoms with Gasteiger partial charge >= 0.3 is 5.97 Å². The van der Waals surface area contributed by atoms with Gasteiger partial charge in [-0.25, -0.2) is 0 Å². The molecule has 4 bridgehead atoms. The van der Waals surface area contributed by atoms with Gasteiger partial charge in [0.25, 0.3) is 0 Å². The van der Waals surface area contributed by atoms with Gasteiger partial charge in [-0.3, -0.25) is 14.4 Å². The number of anilines is 1. The molecule has 0 fully saturated rings. The number of dihydropyridines is 1. The number of phenolic OH excluding ortho intramolecular Hbond substituents is 3. The van der Waals surface area contributed by atoms with Crippen molar-refractivity contribution in [2.45, 2.75) is 103 Å². The van der Waals surface area contributed by atoms with Crippen molar-refractivity contribution >= 4 is 34.0 Å². The second kappa shape index (κ2) is 24.3. The third-order valence-electron chi connectivity index (χ3n) is 16.6. The van der Waals surface area contributed by atoms with Crippen molar-refractivity contribution in [3.05, 3.63) is 209 Å². The highest BCUT2D eigenvalue weighted by Crippen LogP contribution is 2.47. The first-order valence-electron chi connectivity index (χ1n) is 28.2. The number of ether oxygens (including phenoxy) is 3. The number of ketones is 2. The number of nitrogens with one attached hydrogen (secondary N) is 2. The van der Waals surface area contributed by atoms with E-state index in [0.29, 0.717) is 50.1 Å². The topological polar surface area (TPSA) is 176 Å². The summed E-state index contributed by atoms with van der Waals surface area (Å²) >= 11 is 0. The third-order valence-corrected chi connectivity index (χ3v) is 16.6. The van der Waals surface area contributed by atoms with Crippen molar-refractivity contribution in [1.29, 1.82) is 0 Å². The lowest BCUT2D eigenvalue weighted by Gasteiger charge is -2.38. The number of methoxy groups -OCH3 is 1. The molecule has 2 aromatic heterocycles. The van der Waals surface area contributed by atoms with Crippen LogP contribution < -0.4 is 19.7 Å². The van der Waals surface area contributed by atoms with Gasteiger partial charge in [0.1, 0.15) is 40.7 Å². The van der Waals surface area contributed by atoms with Crippen molar-refractivity contribution in [1.82, 2.24) is 14.9 Å². The van der Waals surface area contributed by atoms with Crippen LogP contribution >= 0.6 is 0 Å². The average molecular weight is 1090 g/mol. The molecule has 0 saturated carbocycles. The molecule has 1 aliphatic carbocycles. The number of esters is 1. The number of aromatic amines is 1. The predicted octanol–water partition coefficient (Wildman–Crippen LogP) is 13.6. The van der Waals surface area contributed by atoms with Crippen LogP contribution in [0.3, 0.4) is 0 Å². The minimum atomic E-state index is -0.731. The molecule has 0 unspecified atom stereocenters. The van der Waals surface area contributed by atoms with Gasteiger partial charge in [-0.05, 0) is 138 Å². The maximum Gasteiger partial charge on any atom is 0.302 e. The molecule has 0 amide bonds. The summed E-state index contributed by atoms with van der Waals surface area (Å²) in [7, 11) is 1.49. The second-order valence-corrected chi connectivity index (χ2v) is 22.0. The summed E-state index contributed by atoms with van der Waals surface area (Å²) in [6, 6.07) is 31.3. The zero-order chi connectivity index (χ0) is 56.8. The Bertz CT molecular complexity index is 3570. The van der Waals surface area contributed by atoms with E-state index in [4.69, 9.17) is 14.2 Å². The molecule has 4 heterocycles. The molecule has 81 heavy (non-hydrogen) atoms. The van der Waals surface area contributed by atoms with Gasteiger partial charge in [-0.15, -0.1) is 0 Å². The van der Waals surface area contributed by atoms with Crippen LogP contribution in [0.25, 0.3) is 10.8 Å². The zero-order valence-corrected chi connectivity index (χ0v) is 46.7. The number of carbonyl (C=O) groups is 3. The maximum atomic E-state index is 15.0. The van der Waals surface area contributed by atoms with E-state index in [1.165, 1.54) is 20.1 Å². The summed E-state index contributed by atoms with van der Waals surface area (Å²) in [6.45, 7) is 8.15. The number of Topliss-reactive ketones (excluding diaryl/α,β-unsaturated/α-hetero) is 2. The van der Waals surface area contributed by atoms with E-state index in [-0.39, 0.29) is 77.3 Å². The first-order valence-corrected chi connectivity index (χ1v) is 28.2. The fraction of sp³-hybridized carbons (Fsp3) is 0.309. The highest BCUT2D eigenvalue weighted by Gasteiger charge is 2.37. The van der Waals surface area contributed by atoms with Crippen LogP contribution in [-0.4, -0.2) is 68.7 Å². The largest absolute Gasteiger partial charge is 0.508 e. The number of hydrogen-bond acceptors (Lipinski definition) is 11. The number of benzene rings is 5. The van der Waals surface area contributed by atoms with Crippen molar-refractivity contribution in [2.24, 2.45) is 11.3 Å². The summed E-state index contributed by atoms with van der Waals surface area (Å²) in [5.74, 6) is 0.594. The number of carbonyl (C=O) groups excluding carboxylic acids is 3. The molecule has 418 valence electrons. The molecule has 7 aromatic rings. The first-order chi connectivity index (χ1) is 39.2. The monoisotopic (exact) mass is 1090 g/mol. The Kier molecular flexibility index (Phi) is 16.7. The van der Waals surface area contributed by atoms with Gasteiger partial charge in [-0.2, -0.15) is 0 Å². The maximum absolute atomic E-state index is 15.0. The smallest absolute Gasteiger partial charge is 0.302 e. The number of H-pyrrole nitrogens is 1. The first kappa shape index (κ1) is 55.6. The van der Waals surface area contributed by atoms with Gasteiger partial charge in [0.15, 0.2) is 11.5 Å². The van der Waals surface area contributed by atoms with Crippen LogP contribution in [0, 0.1) is 11.3 Å². The van der Waals surface area contributed by atoms with Crippen molar-refractivity contribution < 1.29 is 43.9 Å². The Hall–Kier alpha value is -8.71. The molecule has 5 aromatic carbocycles. The lowest BCUT2D eigenvalue weighted by molar-refractivity contribution is -0.148. The van der Waals surface area contributed by atoms with E-state index < -0.39 is 23.5 Å². The van der Waals surface area contributed by atoms with Crippen LogP contribution in [0.2, 0.25) is 0 Å². The molecule has 6 atom stereocenters. The van der Waals surface area contributed by atoms with E-state index in [9.17, 15) is 29.7 Å². The van der Waals surface area contributed by atoms with Crippen LogP contribution in [0.4, 0.5) is 5.69 Å². The Balaban J connectivity index is 1.10. The fourth-order valence-electron chi connectivity index (χ4n) is 12.4. The Labute approximate surface area is 473 Å². The Morgan fingerprint density at radius 2 is 1.65 bits per heavy atom. The standard InChI is InChI=1S/C68H72N4O9/c1-6-59(46-15-8-7-9-16-46)50-29-55(76)36-58(30-50)81-67-64(78)32-51(33-65(67)79-5)63-37-56(77)35-57(80-45(4)74)21-25-68(24-11-10-14-43(68)2)38-53-40-69-39-52(53)31-60(47-17-12-19-54(75)28-47)48-22-26-70-66(34-48)72(27-23-44(3)73)62-20-13-18-49-41-71(63)42-61(49)62/h7-20,22,24,28-30,32-34,36,39-43,57,59-60,63,69-70,75-76,78H,6,21,23,25-27,31,35,37-38H2,1-5H3/t43-,57+,59+,60-,63-,68-/m0/s1. The lowest BCUT2D eigenvalue weighted by Crippen LogP contribution is -2.35. The third kappa shape index (κ3) is 12.5. The van der Waals surface area contributed by atoms with Crippen LogP contribution in [0.15, 0.2) is 176 Å². The molecule has 0 radical (unpaired) electrons. The summed E-state index contributed by atoms with van der Waals surface area (Å²) in [5, 5.41) is 39.4. The molecule has 13 heteroatoms. The van der Waals surface area contributed by atoms with Gasteiger partial charge in [0.2, 0.25) is 5.75 Å². The molecule has 13 nitrogen and oxygen atoms in total. The summed E-state index contributed by atoms with van der Waals surface area (Å²) in [5.41, 5.74) is 7.21. The number of nitrogens with zero attached hydrogens (tertiary/aromatic N) is 2. The minimum Gasteiger partial charge on any atom is -0.508 e. The Morgan fingerprint density at radius 3 is 2.42 bits per heavy atom. The van der Waals surface area contributed by atoms with E-state index in [0.717, 1.165) is 62.1 Å².